The zero-order valence-corrected chi connectivity index (χ0v) is 14.4. The number of benzene rings is 1. The number of hydrogen-bond acceptors (Lipinski definition) is 3. The third kappa shape index (κ3) is 5.16. The lowest BCUT2D eigenvalue weighted by Crippen LogP contribution is -2.47. The van der Waals surface area contributed by atoms with Crippen molar-refractivity contribution >= 4 is 34.2 Å². The van der Waals surface area contributed by atoms with Gasteiger partial charge in [0.15, 0.2) is 0 Å². The van der Waals surface area contributed by atoms with Crippen molar-refractivity contribution in [2.45, 2.75) is 31.7 Å². The number of carbonyl (C=O) groups excluding carboxylic acids is 1. The zero-order valence-electron chi connectivity index (χ0n) is 12.0. The van der Waals surface area contributed by atoms with Crippen LogP contribution in [0.3, 0.4) is 0 Å². The van der Waals surface area contributed by atoms with E-state index in [0.29, 0.717) is 19.6 Å². The van der Waals surface area contributed by atoms with Gasteiger partial charge in [0.25, 0.3) is 0 Å². The van der Waals surface area contributed by atoms with Gasteiger partial charge in [-0.25, -0.2) is 0 Å². The van der Waals surface area contributed by atoms with Gasteiger partial charge in [-0.1, -0.05) is 12.1 Å². The second-order valence-electron chi connectivity index (χ2n) is 5.00. The second kappa shape index (κ2) is 9.28. The van der Waals surface area contributed by atoms with E-state index in [1.165, 1.54) is 6.42 Å². The Labute approximate surface area is 140 Å². The van der Waals surface area contributed by atoms with E-state index in [1.54, 1.807) is 0 Å². The highest BCUT2D eigenvalue weighted by molar-refractivity contribution is 9.10. The van der Waals surface area contributed by atoms with Gasteiger partial charge >= 0.3 is 0 Å². The molecule has 0 aromatic heterocycles. The summed E-state index contributed by atoms with van der Waals surface area (Å²) in [5.74, 6) is 0.918. The SMILES string of the molecule is Cl.NCC1CCCCN1C(=O)CCOc1ccccc1Br. The average molecular weight is 378 g/mol. The Kier molecular flexibility index (Phi) is 8.07. The molecule has 0 saturated carbocycles. The van der Waals surface area contributed by atoms with Gasteiger partial charge in [-0.2, -0.15) is 0 Å². The van der Waals surface area contributed by atoms with Crippen molar-refractivity contribution in [2.24, 2.45) is 5.73 Å². The topological polar surface area (TPSA) is 55.6 Å². The summed E-state index contributed by atoms with van der Waals surface area (Å²) in [5, 5.41) is 0. The van der Waals surface area contributed by atoms with E-state index >= 15 is 0 Å². The summed E-state index contributed by atoms with van der Waals surface area (Å²) in [6.07, 6.45) is 3.66. The van der Waals surface area contributed by atoms with Gasteiger partial charge in [-0.15, -0.1) is 12.4 Å². The van der Waals surface area contributed by atoms with Crippen LogP contribution in [0.5, 0.6) is 5.75 Å². The Balaban J connectivity index is 0.00000220. The highest BCUT2D eigenvalue weighted by Gasteiger charge is 2.25. The fourth-order valence-electron chi connectivity index (χ4n) is 2.53. The van der Waals surface area contributed by atoms with Crippen molar-refractivity contribution < 1.29 is 9.53 Å². The molecule has 118 valence electrons. The fourth-order valence-corrected chi connectivity index (χ4v) is 2.93. The van der Waals surface area contributed by atoms with Gasteiger partial charge in [0, 0.05) is 19.1 Å². The lowest BCUT2D eigenvalue weighted by atomic mass is 10.0. The lowest BCUT2D eigenvalue weighted by Gasteiger charge is -2.35. The number of para-hydroxylation sites is 1. The van der Waals surface area contributed by atoms with Gasteiger partial charge < -0.3 is 15.4 Å². The average Bonchev–Trinajstić information content (AvgIpc) is 2.49. The van der Waals surface area contributed by atoms with Crippen molar-refractivity contribution in [1.82, 2.24) is 4.90 Å². The van der Waals surface area contributed by atoms with Crippen LogP contribution in [0.25, 0.3) is 0 Å². The molecule has 1 aromatic carbocycles. The number of nitrogens with two attached hydrogens (primary N) is 1. The molecule has 1 heterocycles. The monoisotopic (exact) mass is 376 g/mol. The van der Waals surface area contributed by atoms with Crippen LogP contribution in [0.4, 0.5) is 0 Å². The summed E-state index contributed by atoms with van der Waals surface area (Å²) in [5.41, 5.74) is 5.74. The molecule has 2 rings (SSSR count). The molecule has 0 radical (unpaired) electrons. The smallest absolute Gasteiger partial charge is 0.226 e. The van der Waals surface area contributed by atoms with Crippen LogP contribution in [0.1, 0.15) is 25.7 Å². The third-order valence-corrected chi connectivity index (χ3v) is 4.28. The molecule has 0 bridgehead atoms. The van der Waals surface area contributed by atoms with Crippen LogP contribution >= 0.6 is 28.3 Å². The fraction of sp³-hybridized carbons (Fsp3) is 0.533. The van der Waals surface area contributed by atoms with Gasteiger partial charge in [-0.05, 0) is 47.3 Å². The highest BCUT2D eigenvalue weighted by Crippen LogP contribution is 2.24. The molecule has 1 atom stereocenters. The molecular formula is C15H22BrClN2O2. The summed E-state index contributed by atoms with van der Waals surface area (Å²) >= 11 is 3.42. The van der Waals surface area contributed by atoms with Crippen molar-refractivity contribution in [2.75, 3.05) is 19.7 Å². The van der Waals surface area contributed by atoms with Crippen LogP contribution in [-0.2, 0) is 4.79 Å². The normalized spacial score (nSPS) is 18.0. The van der Waals surface area contributed by atoms with E-state index in [-0.39, 0.29) is 24.4 Å². The summed E-state index contributed by atoms with van der Waals surface area (Å²) in [6.45, 7) is 1.78. The molecule has 1 aromatic rings. The molecule has 21 heavy (non-hydrogen) atoms. The van der Waals surface area contributed by atoms with Crippen molar-refractivity contribution in [3.05, 3.63) is 28.7 Å². The molecule has 0 aliphatic carbocycles. The molecule has 1 aliphatic rings. The van der Waals surface area contributed by atoms with Gasteiger partial charge in [-0.3, -0.25) is 4.79 Å². The molecule has 2 N–H and O–H groups in total. The van der Waals surface area contributed by atoms with Crippen molar-refractivity contribution in [3.8, 4) is 5.75 Å². The third-order valence-electron chi connectivity index (χ3n) is 3.63. The Bertz CT molecular complexity index is 459. The first-order valence-electron chi connectivity index (χ1n) is 7.09. The number of halogens is 2. The summed E-state index contributed by atoms with van der Waals surface area (Å²) in [4.78, 5) is 14.1. The summed E-state index contributed by atoms with van der Waals surface area (Å²) in [6, 6.07) is 7.86. The Morgan fingerprint density at radius 3 is 2.86 bits per heavy atom. The minimum Gasteiger partial charge on any atom is -0.492 e. The van der Waals surface area contributed by atoms with Gasteiger partial charge in [0.2, 0.25) is 5.91 Å². The number of nitrogens with zero attached hydrogens (tertiary/aromatic N) is 1. The van der Waals surface area contributed by atoms with Crippen LogP contribution < -0.4 is 10.5 Å². The summed E-state index contributed by atoms with van der Waals surface area (Å²) < 4.78 is 6.55. The molecule has 0 spiro atoms. The number of piperidine rings is 1. The minimum atomic E-state index is 0. The first-order valence-corrected chi connectivity index (χ1v) is 7.88. The maximum atomic E-state index is 12.2. The number of likely N-dealkylation sites (tertiary alicyclic amines) is 1. The van der Waals surface area contributed by atoms with E-state index in [2.05, 4.69) is 15.9 Å². The first kappa shape index (κ1) is 18.3. The summed E-state index contributed by atoms with van der Waals surface area (Å²) in [7, 11) is 0. The van der Waals surface area contributed by atoms with E-state index in [1.807, 2.05) is 29.2 Å². The number of rotatable bonds is 5. The number of carbonyl (C=O) groups is 1. The van der Waals surface area contributed by atoms with E-state index in [0.717, 1.165) is 29.6 Å². The Morgan fingerprint density at radius 1 is 1.38 bits per heavy atom. The predicted molar refractivity (Wildman–Crippen MR) is 89.9 cm³/mol. The van der Waals surface area contributed by atoms with Crippen molar-refractivity contribution in [3.63, 3.8) is 0 Å². The maximum absolute atomic E-state index is 12.2. The quantitative estimate of drug-likeness (QED) is 0.858. The number of hydrogen-bond donors (Lipinski definition) is 1. The molecule has 1 unspecified atom stereocenters. The van der Waals surface area contributed by atoms with Gasteiger partial charge in [0.1, 0.15) is 5.75 Å². The lowest BCUT2D eigenvalue weighted by molar-refractivity contribution is -0.135. The number of amides is 1. The largest absolute Gasteiger partial charge is 0.492 e. The van der Waals surface area contributed by atoms with Crippen LogP contribution in [0, 0.1) is 0 Å². The van der Waals surface area contributed by atoms with Gasteiger partial charge in [0.05, 0.1) is 17.5 Å². The second-order valence-corrected chi connectivity index (χ2v) is 5.86. The Morgan fingerprint density at radius 2 is 2.14 bits per heavy atom. The molecule has 4 nitrogen and oxygen atoms in total. The van der Waals surface area contributed by atoms with Crippen LogP contribution in [0.15, 0.2) is 28.7 Å². The van der Waals surface area contributed by atoms with Crippen LogP contribution in [0.2, 0.25) is 0 Å². The molecule has 1 aliphatic heterocycles. The standard InChI is InChI=1S/C15H21BrN2O2.ClH/c16-13-6-1-2-7-14(13)20-10-8-15(19)18-9-4-3-5-12(18)11-17;/h1-2,6-7,12H,3-5,8-11,17H2;1H. The van der Waals surface area contributed by atoms with Crippen LogP contribution in [-0.4, -0.2) is 36.5 Å². The van der Waals surface area contributed by atoms with Crippen molar-refractivity contribution in [1.29, 1.82) is 0 Å². The predicted octanol–water partition coefficient (Wildman–Crippen LogP) is 2.98. The van der Waals surface area contributed by atoms with E-state index < -0.39 is 0 Å². The van der Waals surface area contributed by atoms with E-state index in [4.69, 9.17) is 10.5 Å². The minimum absolute atomic E-state index is 0. The molecular weight excluding hydrogens is 356 g/mol. The van der Waals surface area contributed by atoms with E-state index in [9.17, 15) is 4.79 Å². The molecule has 1 saturated heterocycles. The zero-order chi connectivity index (χ0) is 14.4. The Hall–Kier alpha value is -0.780. The first-order chi connectivity index (χ1) is 9.72. The molecule has 1 fully saturated rings. The highest BCUT2D eigenvalue weighted by atomic mass is 79.9. The maximum Gasteiger partial charge on any atom is 0.226 e. The molecule has 1 amide bonds. The molecule has 6 heteroatoms. The number of ether oxygens (including phenoxy) is 1.